The third kappa shape index (κ3) is 4.42. The second kappa shape index (κ2) is 7.24. The lowest BCUT2D eigenvalue weighted by atomic mass is 10.1. The molecule has 1 aromatic heterocycles. The van der Waals surface area contributed by atoms with Crippen molar-refractivity contribution in [3.8, 4) is 0 Å². The van der Waals surface area contributed by atoms with Crippen molar-refractivity contribution >= 4 is 39.3 Å². The van der Waals surface area contributed by atoms with E-state index in [2.05, 4.69) is 15.9 Å². The van der Waals surface area contributed by atoms with Crippen molar-refractivity contribution in [2.75, 3.05) is 26.8 Å². The number of urea groups is 1. The van der Waals surface area contributed by atoms with E-state index in [9.17, 15) is 9.59 Å². The molecule has 2 rings (SSSR count). The largest absolute Gasteiger partial charge is 0.481 e. The van der Waals surface area contributed by atoms with Crippen LogP contribution in [0.4, 0.5) is 4.79 Å². The molecule has 1 saturated heterocycles. The summed E-state index contributed by atoms with van der Waals surface area (Å²) < 4.78 is 6.31. The molecule has 8 heteroatoms. The first-order valence-corrected chi connectivity index (χ1v) is 8.19. The summed E-state index contributed by atoms with van der Waals surface area (Å²) in [6.45, 7) is 1.64. The van der Waals surface area contributed by atoms with Crippen molar-refractivity contribution in [1.29, 1.82) is 0 Å². The van der Waals surface area contributed by atoms with Crippen LogP contribution in [0.25, 0.3) is 0 Å². The number of carbonyl (C=O) groups is 2. The third-order valence-electron chi connectivity index (χ3n) is 3.25. The van der Waals surface area contributed by atoms with Gasteiger partial charge in [-0.1, -0.05) is 0 Å². The molecule has 116 valence electrons. The lowest BCUT2D eigenvalue weighted by Gasteiger charge is -2.37. The van der Waals surface area contributed by atoms with E-state index in [0.29, 0.717) is 19.7 Å². The molecule has 1 atom stereocenters. The standard InChI is InChI=1S/C13H17BrN2O4S/c1-15(6-9-4-11(14)21-8-9)13(19)16-2-3-20-7-10(16)5-12(17)18/h4,8,10H,2-3,5-7H2,1H3,(H,17,18). The minimum Gasteiger partial charge on any atom is -0.481 e. The van der Waals surface area contributed by atoms with Crippen LogP contribution in [0.5, 0.6) is 0 Å². The molecule has 21 heavy (non-hydrogen) atoms. The van der Waals surface area contributed by atoms with Crippen LogP contribution in [-0.4, -0.2) is 59.8 Å². The number of rotatable bonds is 4. The highest BCUT2D eigenvalue weighted by molar-refractivity contribution is 9.11. The van der Waals surface area contributed by atoms with Crippen molar-refractivity contribution in [1.82, 2.24) is 9.80 Å². The van der Waals surface area contributed by atoms with Gasteiger partial charge in [-0.25, -0.2) is 4.79 Å². The Kier molecular flexibility index (Phi) is 5.60. The summed E-state index contributed by atoms with van der Waals surface area (Å²) in [7, 11) is 1.72. The highest BCUT2D eigenvalue weighted by atomic mass is 79.9. The quantitative estimate of drug-likeness (QED) is 0.874. The second-order valence-electron chi connectivity index (χ2n) is 4.92. The fourth-order valence-electron chi connectivity index (χ4n) is 2.27. The number of hydrogen-bond acceptors (Lipinski definition) is 4. The van der Waals surface area contributed by atoms with Crippen LogP contribution >= 0.6 is 27.3 Å². The van der Waals surface area contributed by atoms with E-state index in [1.54, 1.807) is 28.2 Å². The topological polar surface area (TPSA) is 70.1 Å². The Morgan fingerprint density at radius 1 is 1.62 bits per heavy atom. The molecule has 0 spiro atoms. The van der Waals surface area contributed by atoms with Gasteiger partial charge in [-0.2, -0.15) is 0 Å². The number of carbonyl (C=O) groups excluding carboxylic acids is 1. The summed E-state index contributed by atoms with van der Waals surface area (Å²) in [6.07, 6.45) is -0.0937. The number of halogens is 1. The average Bonchev–Trinajstić information content (AvgIpc) is 2.83. The summed E-state index contributed by atoms with van der Waals surface area (Å²) in [5, 5.41) is 10.9. The normalized spacial score (nSPS) is 18.6. The molecule has 1 aliphatic heterocycles. The van der Waals surface area contributed by atoms with Crippen LogP contribution in [-0.2, 0) is 16.1 Å². The molecule has 2 heterocycles. The summed E-state index contributed by atoms with van der Waals surface area (Å²) in [5.74, 6) is -0.923. The van der Waals surface area contributed by atoms with Crippen molar-refractivity contribution in [2.24, 2.45) is 0 Å². The molecule has 6 nitrogen and oxygen atoms in total. The Bertz CT molecular complexity index is 522. The maximum Gasteiger partial charge on any atom is 0.320 e. The van der Waals surface area contributed by atoms with Crippen molar-refractivity contribution < 1.29 is 19.4 Å². The van der Waals surface area contributed by atoms with Gasteiger partial charge in [0, 0.05) is 20.1 Å². The number of morpholine rings is 1. The van der Waals surface area contributed by atoms with Crippen molar-refractivity contribution in [3.05, 3.63) is 20.8 Å². The van der Waals surface area contributed by atoms with E-state index >= 15 is 0 Å². The van der Waals surface area contributed by atoms with Gasteiger partial charge in [-0.15, -0.1) is 11.3 Å². The number of amides is 2. The molecule has 1 fully saturated rings. The van der Waals surface area contributed by atoms with Gasteiger partial charge in [-0.05, 0) is 32.9 Å². The first-order valence-electron chi connectivity index (χ1n) is 6.51. The third-order valence-corrected chi connectivity index (χ3v) is 4.80. The SMILES string of the molecule is CN(Cc1csc(Br)c1)C(=O)N1CCOCC1CC(=O)O. The molecule has 1 N–H and O–H groups in total. The number of carboxylic acid groups (broad SMARTS) is 1. The Hall–Kier alpha value is -1.12. The zero-order valence-corrected chi connectivity index (χ0v) is 14.0. The Morgan fingerprint density at radius 3 is 3.00 bits per heavy atom. The number of nitrogens with zero attached hydrogens (tertiary/aromatic N) is 2. The van der Waals surface area contributed by atoms with Crippen LogP contribution in [0.3, 0.4) is 0 Å². The van der Waals surface area contributed by atoms with E-state index in [-0.39, 0.29) is 19.1 Å². The number of thiophene rings is 1. The molecule has 0 aliphatic carbocycles. The summed E-state index contributed by atoms with van der Waals surface area (Å²) >= 11 is 4.97. The van der Waals surface area contributed by atoms with Gasteiger partial charge in [-0.3, -0.25) is 4.79 Å². The van der Waals surface area contributed by atoms with Crippen LogP contribution in [0.1, 0.15) is 12.0 Å². The highest BCUT2D eigenvalue weighted by Crippen LogP contribution is 2.22. The predicted molar refractivity (Wildman–Crippen MR) is 82.4 cm³/mol. The zero-order valence-electron chi connectivity index (χ0n) is 11.6. The summed E-state index contributed by atoms with van der Waals surface area (Å²) in [6, 6.07) is 1.41. The summed E-state index contributed by atoms with van der Waals surface area (Å²) in [5.41, 5.74) is 1.05. The molecular formula is C13H17BrN2O4S. The molecule has 0 aromatic carbocycles. The first-order chi connectivity index (χ1) is 9.97. The predicted octanol–water partition coefficient (Wildman–Crippen LogP) is 2.24. The van der Waals surface area contributed by atoms with Gasteiger partial charge < -0.3 is 19.6 Å². The van der Waals surface area contributed by atoms with Crippen molar-refractivity contribution in [3.63, 3.8) is 0 Å². The monoisotopic (exact) mass is 376 g/mol. The van der Waals surface area contributed by atoms with Gasteiger partial charge in [0.15, 0.2) is 0 Å². The number of carboxylic acids is 1. The molecule has 1 unspecified atom stereocenters. The van der Waals surface area contributed by atoms with Gasteiger partial charge in [0.25, 0.3) is 0 Å². The van der Waals surface area contributed by atoms with Gasteiger partial charge in [0.2, 0.25) is 0 Å². The molecular weight excluding hydrogens is 360 g/mol. The maximum atomic E-state index is 12.5. The second-order valence-corrected chi connectivity index (χ2v) is 7.21. The van der Waals surface area contributed by atoms with Gasteiger partial charge in [0.1, 0.15) is 0 Å². The van der Waals surface area contributed by atoms with Crippen LogP contribution in [0.2, 0.25) is 0 Å². The summed E-state index contributed by atoms with van der Waals surface area (Å²) in [4.78, 5) is 26.6. The number of hydrogen-bond donors (Lipinski definition) is 1. The molecule has 2 amide bonds. The first kappa shape index (κ1) is 16.3. The minimum absolute atomic E-state index is 0.0937. The number of ether oxygens (including phenoxy) is 1. The van der Waals surface area contributed by atoms with Crippen LogP contribution in [0, 0.1) is 0 Å². The van der Waals surface area contributed by atoms with E-state index in [0.717, 1.165) is 9.35 Å². The molecule has 1 aliphatic rings. The average molecular weight is 377 g/mol. The van der Waals surface area contributed by atoms with Gasteiger partial charge in [0.05, 0.1) is 29.5 Å². The molecule has 0 bridgehead atoms. The zero-order chi connectivity index (χ0) is 15.4. The fourth-order valence-corrected chi connectivity index (χ4v) is 3.47. The Balaban J connectivity index is 2.00. The van der Waals surface area contributed by atoms with Crippen LogP contribution < -0.4 is 0 Å². The minimum atomic E-state index is -0.923. The lowest BCUT2D eigenvalue weighted by molar-refractivity contribution is -0.139. The van der Waals surface area contributed by atoms with E-state index in [1.165, 1.54) is 0 Å². The fraction of sp³-hybridized carbons (Fsp3) is 0.538. The Labute approximate surface area is 135 Å². The maximum absolute atomic E-state index is 12.5. The highest BCUT2D eigenvalue weighted by Gasteiger charge is 2.30. The van der Waals surface area contributed by atoms with E-state index < -0.39 is 12.0 Å². The molecule has 0 saturated carbocycles. The Morgan fingerprint density at radius 2 is 2.38 bits per heavy atom. The van der Waals surface area contributed by atoms with Gasteiger partial charge >= 0.3 is 12.0 Å². The van der Waals surface area contributed by atoms with Crippen LogP contribution in [0.15, 0.2) is 15.2 Å². The lowest BCUT2D eigenvalue weighted by Crippen LogP contribution is -2.53. The van der Waals surface area contributed by atoms with E-state index in [4.69, 9.17) is 9.84 Å². The smallest absolute Gasteiger partial charge is 0.320 e. The van der Waals surface area contributed by atoms with E-state index in [1.807, 2.05) is 11.4 Å². The number of aliphatic carboxylic acids is 1. The molecule has 0 radical (unpaired) electrons. The molecule has 1 aromatic rings. The van der Waals surface area contributed by atoms with Crippen molar-refractivity contribution in [2.45, 2.75) is 19.0 Å².